The van der Waals surface area contributed by atoms with Crippen LogP contribution in [0.15, 0.2) is 42.5 Å². The van der Waals surface area contributed by atoms with Crippen molar-refractivity contribution in [3.05, 3.63) is 42.5 Å². The van der Waals surface area contributed by atoms with Crippen LogP contribution in [0.3, 0.4) is 0 Å². The largest absolute Gasteiger partial charge is 0.444 e. The monoisotopic (exact) mass is 299 g/mol. The predicted molar refractivity (Wildman–Crippen MR) is 90.6 cm³/mol. The normalized spacial score (nSPS) is 11.0. The Labute approximate surface area is 130 Å². The molecule has 0 aliphatic heterocycles. The summed E-state index contributed by atoms with van der Waals surface area (Å²) < 4.78 is 5.28. The fourth-order valence-corrected chi connectivity index (χ4v) is 2.10. The first kappa shape index (κ1) is 15.7. The third-order valence-electron chi connectivity index (χ3n) is 2.91. The van der Waals surface area contributed by atoms with Gasteiger partial charge in [-0.25, -0.2) is 4.79 Å². The second kappa shape index (κ2) is 5.97. The highest BCUT2D eigenvalue weighted by Gasteiger charge is 2.18. The van der Waals surface area contributed by atoms with Crippen LogP contribution in [-0.2, 0) is 4.74 Å². The molecule has 0 aromatic heterocycles. The summed E-state index contributed by atoms with van der Waals surface area (Å²) in [6.07, 6.45) is -0.525. The Morgan fingerprint density at radius 1 is 1.09 bits per heavy atom. The molecule has 0 heterocycles. The van der Waals surface area contributed by atoms with Gasteiger partial charge in [0.2, 0.25) is 0 Å². The summed E-state index contributed by atoms with van der Waals surface area (Å²) in [7, 11) is 0. The SMILES string of the molecule is CC(C)(C)OC(=O)Nc1cccc(N)c1-c1cccc(N)c1. The molecule has 0 fully saturated rings. The average molecular weight is 299 g/mol. The third kappa shape index (κ3) is 3.91. The van der Waals surface area contributed by atoms with Crippen molar-refractivity contribution < 1.29 is 9.53 Å². The lowest BCUT2D eigenvalue weighted by Gasteiger charge is -2.21. The minimum Gasteiger partial charge on any atom is -0.444 e. The summed E-state index contributed by atoms with van der Waals surface area (Å²) in [5.74, 6) is 0. The molecule has 0 radical (unpaired) electrons. The lowest BCUT2D eigenvalue weighted by Crippen LogP contribution is -2.27. The van der Waals surface area contributed by atoms with Gasteiger partial charge in [-0.3, -0.25) is 5.32 Å². The predicted octanol–water partition coefficient (Wildman–Crippen LogP) is 3.87. The molecule has 0 aliphatic carbocycles. The van der Waals surface area contributed by atoms with Gasteiger partial charge in [-0.1, -0.05) is 18.2 Å². The molecule has 0 aliphatic rings. The Bertz CT molecular complexity index is 691. The summed E-state index contributed by atoms with van der Waals surface area (Å²) in [5, 5.41) is 2.74. The average Bonchev–Trinajstić information content (AvgIpc) is 2.36. The van der Waals surface area contributed by atoms with Crippen molar-refractivity contribution >= 4 is 23.2 Å². The first-order valence-corrected chi connectivity index (χ1v) is 7.01. The van der Waals surface area contributed by atoms with Crippen LogP contribution in [0, 0.1) is 0 Å². The van der Waals surface area contributed by atoms with E-state index in [0.717, 1.165) is 11.1 Å². The zero-order valence-electron chi connectivity index (χ0n) is 13.0. The van der Waals surface area contributed by atoms with Crippen molar-refractivity contribution in [3.63, 3.8) is 0 Å². The first-order chi connectivity index (χ1) is 10.3. The van der Waals surface area contributed by atoms with Crippen molar-refractivity contribution in [2.24, 2.45) is 0 Å². The molecule has 2 rings (SSSR count). The quantitative estimate of drug-likeness (QED) is 0.734. The molecule has 0 unspecified atom stereocenters. The number of nitrogens with one attached hydrogen (secondary N) is 1. The van der Waals surface area contributed by atoms with Gasteiger partial charge in [0.1, 0.15) is 5.60 Å². The van der Waals surface area contributed by atoms with Crippen molar-refractivity contribution in [3.8, 4) is 11.1 Å². The molecule has 0 bridgehead atoms. The standard InChI is InChI=1S/C17H21N3O2/c1-17(2,3)22-16(21)20-14-9-5-8-13(19)15(14)11-6-4-7-12(18)10-11/h4-10H,18-19H2,1-3H3,(H,20,21). The molecule has 0 saturated carbocycles. The van der Waals surface area contributed by atoms with Crippen molar-refractivity contribution in [1.82, 2.24) is 0 Å². The van der Waals surface area contributed by atoms with E-state index < -0.39 is 11.7 Å². The molecule has 5 N–H and O–H groups in total. The number of carbonyl (C=O) groups is 1. The summed E-state index contributed by atoms with van der Waals surface area (Å²) in [4.78, 5) is 12.0. The van der Waals surface area contributed by atoms with Gasteiger partial charge in [0, 0.05) is 16.9 Å². The van der Waals surface area contributed by atoms with Crippen LogP contribution < -0.4 is 16.8 Å². The lowest BCUT2D eigenvalue weighted by molar-refractivity contribution is 0.0636. The van der Waals surface area contributed by atoms with Crippen LogP contribution in [0.25, 0.3) is 11.1 Å². The van der Waals surface area contributed by atoms with Crippen molar-refractivity contribution in [2.75, 3.05) is 16.8 Å². The van der Waals surface area contributed by atoms with E-state index in [1.54, 1.807) is 24.3 Å². The van der Waals surface area contributed by atoms with E-state index in [1.807, 2.05) is 39.0 Å². The Balaban J connectivity index is 2.37. The highest BCUT2D eigenvalue weighted by molar-refractivity contribution is 5.96. The van der Waals surface area contributed by atoms with Gasteiger partial charge in [-0.2, -0.15) is 0 Å². The zero-order chi connectivity index (χ0) is 16.3. The van der Waals surface area contributed by atoms with Crippen LogP contribution in [-0.4, -0.2) is 11.7 Å². The molecular formula is C17H21N3O2. The molecule has 116 valence electrons. The number of anilines is 3. The van der Waals surface area contributed by atoms with E-state index in [1.165, 1.54) is 0 Å². The van der Waals surface area contributed by atoms with Gasteiger partial charge in [-0.05, 0) is 50.6 Å². The minimum atomic E-state index is -0.568. The second-order valence-electron chi connectivity index (χ2n) is 6.02. The fourth-order valence-electron chi connectivity index (χ4n) is 2.10. The maximum Gasteiger partial charge on any atom is 0.412 e. The molecule has 2 aromatic rings. The third-order valence-corrected chi connectivity index (χ3v) is 2.91. The molecule has 0 spiro atoms. The number of nitrogens with two attached hydrogens (primary N) is 2. The summed E-state index contributed by atoms with van der Waals surface area (Å²) in [6.45, 7) is 5.43. The minimum absolute atomic E-state index is 0.525. The van der Waals surface area contributed by atoms with Crippen LogP contribution >= 0.6 is 0 Å². The maximum atomic E-state index is 12.0. The van der Waals surface area contributed by atoms with Gasteiger partial charge in [0.25, 0.3) is 0 Å². The molecule has 5 nitrogen and oxygen atoms in total. The molecule has 0 saturated heterocycles. The summed E-state index contributed by atoms with van der Waals surface area (Å²) >= 11 is 0. The summed E-state index contributed by atoms with van der Waals surface area (Å²) in [6, 6.07) is 12.7. The Kier molecular flexibility index (Phi) is 4.26. The Hall–Kier alpha value is -2.69. The topological polar surface area (TPSA) is 90.4 Å². The van der Waals surface area contributed by atoms with Crippen molar-refractivity contribution in [1.29, 1.82) is 0 Å². The Morgan fingerprint density at radius 3 is 2.41 bits per heavy atom. The number of nitrogen functional groups attached to an aromatic ring is 2. The smallest absolute Gasteiger partial charge is 0.412 e. The van der Waals surface area contributed by atoms with E-state index in [0.29, 0.717) is 17.1 Å². The van der Waals surface area contributed by atoms with Gasteiger partial charge in [-0.15, -0.1) is 0 Å². The first-order valence-electron chi connectivity index (χ1n) is 7.01. The van der Waals surface area contributed by atoms with E-state index in [-0.39, 0.29) is 0 Å². The number of benzene rings is 2. The van der Waals surface area contributed by atoms with Gasteiger partial charge >= 0.3 is 6.09 Å². The molecule has 22 heavy (non-hydrogen) atoms. The van der Waals surface area contributed by atoms with E-state index in [9.17, 15) is 4.79 Å². The number of hydrogen-bond acceptors (Lipinski definition) is 4. The van der Waals surface area contributed by atoms with E-state index in [2.05, 4.69) is 5.32 Å². The number of hydrogen-bond donors (Lipinski definition) is 3. The Morgan fingerprint density at radius 2 is 1.77 bits per heavy atom. The highest BCUT2D eigenvalue weighted by atomic mass is 16.6. The number of carbonyl (C=O) groups excluding carboxylic acids is 1. The molecule has 2 aromatic carbocycles. The van der Waals surface area contributed by atoms with Gasteiger partial charge < -0.3 is 16.2 Å². The van der Waals surface area contributed by atoms with E-state index >= 15 is 0 Å². The highest BCUT2D eigenvalue weighted by Crippen LogP contribution is 2.34. The van der Waals surface area contributed by atoms with Gasteiger partial charge in [0.05, 0.1) is 5.69 Å². The molecule has 0 atom stereocenters. The van der Waals surface area contributed by atoms with Crippen LogP contribution in [0.5, 0.6) is 0 Å². The van der Waals surface area contributed by atoms with E-state index in [4.69, 9.17) is 16.2 Å². The van der Waals surface area contributed by atoms with Gasteiger partial charge in [0.15, 0.2) is 0 Å². The van der Waals surface area contributed by atoms with Crippen LogP contribution in [0.1, 0.15) is 20.8 Å². The summed E-state index contributed by atoms with van der Waals surface area (Å²) in [5.41, 5.74) is 14.7. The van der Waals surface area contributed by atoms with Crippen LogP contribution in [0.2, 0.25) is 0 Å². The van der Waals surface area contributed by atoms with Crippen LogP contribution in [0.4, 0.5) is 21.9 Å². The molecule has 1 amide bonds. The van der Waals surface area contributed by atoms with Crippen molar-refractivity contribution in [2.45, 2.75) is 26.4 Å². The number of rotatable bonds is 2. The fraction of sp³-hybridized carbons (Fsp3) is 0.235. The number of amides is 1. The maximum absolute atomic E-state index is 12.0. The molecular weight excluding hydrogens is 278 g/mol. The second-order valence-corrected chi connectivity index (χ2v) is 6.02. The number of ether oxygens (including phenoxy) is 1. The molecule has 5 heteroatoms. The lowest BCUT2D eigenvalue weighted by atomic mass is 10.0. The zero-order valence-corrected chi connectivity index (χ0v) is 13.0.